The lowest BCUT2D eigenvalue weighted by atomic mass is 9.44. The van der Waals surface area contributed by atoms with Crippen LogP contribution in [0.3, 0.4) is 0 Å². The standard InChI is InChI=1S/C27H39FO2/c1-16(7-6-13-25(2,3)28)19-10-11-20-18-9-8-17-15-22(29)23-24(30-23)27(17,5)21(18)12-14-26(19,20)4/h6-7,13,17-21,23-24H,8-12,14-15H2,1-5H3/t17?,18-,19+,20-,21-,23?,24?,26+,27-/m0/s1. The van der Waals surface area contributed by atoms with E-state index in [4.69, 9.17) is 4.74 Å². The number of halogens is 1. The zero-order valence-corrected chi connectivity index (χ0v) is 19.4. The third-order valence-corrected chi connectivity index (χ3v) is 10.2. The normalized spacial score (nSPS) is 50.7. The first-order chi connectivity index (χ1) is 14.1. The Kier molecular flexibility index (Phi) is 4.72. The van der Waals surface area contributed by atoms with Crippen molar-refractivity contribution in [1.82, 2.24) is 0 Å². The Morgan fingerprint density at radius 3 is 2.63 bits per heavy atom. The van der Waals surface area contributed by atoms with Gasteiger partial charge in [-0.15, -0.1) is 0 Å². The summed E-state index contributed by atoms with van der Waals surface area (Å²) >= 11 is 0. The van der Waals surface area contributed by atoms with E-state index in [9.17, 15) is 9.18 Å². The summed E-state index contributed by atoms with van der Waals surface area (Å²) in [7, 11) is 0. The van der Waals surface area contributed by atoms with Gasteiger partial charge in [-0.1, -0.05) is 31.6 Å². The second-order valence-electron chi connectivity index (χ2n) is 12.2. The van der Waals surface area contributed by atoms with Gasteiger partial charge in [0.1, 0.15) is 11.8 Å². The van der Waals surface area contributed by atoms with Gasteiger partial charge < -0.3 is 4.74 Å². The van der Waals surface area contributed by atoms with Gasteiger partial charge in [0.2, 0.25) is 0 Å². The molecule has 0 amide bonds. The largest absolute Gasteiger partial charge is 0.361 e. The van der Waals surface area contributed by atoms with E-state index >= 15 is 0 Å². The van der Waals surface area contributed by atoms with Crippen LogP contribution in [0.2, 0.25) is 0 Å². The fourth-order valence-electron chi connectivity index (χ4n) is 8.72. The van der Waals surface area contributed by atoms with E-state index in [1.165, 1.54) is 44.1 Å². The zero-order chi connectivity index (χ0) is 21.5. The van der Waals surface area contributed by atoms with Crippen LogP contribution in [0.15, 0.2) is 23.8 Å². The molecule has 30 heavy (non-hydrogen) atoms. The Balaban J connectivity index is 1.37. The van der Waals surface area contributed by atoms with E-state index in [1.807, 2.05) is 6.08 Å². The topological polar surface area (TPSA) is 29.6 Å². The molecule has 2 nitrogen and oxygen atoms in total. The summed E-state index contributed by atoms with van der Waals surface area (Å²) in [6.45, 7) is 10.5. The van der Waals surface area contributed by atoms with Gasteiger partial charge in [0.05, 0.1) is 6.10 Å². The van der Waals surface area contributed by atoms with Crippen molar-refractivity contribution in [2.45, 2.75) is 97.4 Å². The van der Waals surface area contributed by atoms with Crippen LogP contribution in [-0.2, 0) is 9.53 Å². The molecule has 0 aromatic heterocycles. The van der Waals surface area contributed by atoms with Gasteiger partial charge in [-0.2, -0.15) is 0 Å². The SMILES string of the molecule is CC(=CC=CC(C)(C)F)[C@H]1CC[C@H]2[C@@H]3CCC4CC(=O)C5OC5[C@]4(C)[C@H]3CC[C@]12C. The van der Waals surface area contributed by atoms with Gasteiger partial charge in [0.15, 0.2) is 5.78 Å². The molecule has 4 aliphatic carbocycles. The van der Waals surface area contributed by atoms with Gasteiger partial charge in [0, 0.05) is 11.8 Å². The van der Waals surface area contributed by atoms with Crippen LogP contribution < -0.4 is 0 Å². The highest BCUT2D eigenvalue weighted by molar-refractivity contribution is 5.87. The Hall–Kier alpha value is -0.960. The predicted octanol–water partition coefficient (Wildman–Crippen LogP) is 6.45. The molecule has 1 saturated heterocycles. The van der Waals surface area contributed by atoms with Crippen LogP contribution in [0.4, 0.5) is 4.39 Å². The van der Waals surface area contributed by atoms with E-state index in [0.717, 1.165) is 18.3 Å². The van der Waals surface area contributed by atoms with Crippen LogP contribution in [-0.4, -0.2) is 23.7 Å². The van der Waals surface area contributed by atoms with Crippen LogP contribution in [0.5, 0.6) is 0 Å². The first-order valence-electron chi connectivity index (χ1n) is 12.3. The van der Waals surface area contributed by atoms with Crippen molar-refractivity contribution in [3.05, 3.63) is 23.8 Å². The summed E-state index contributed by atoms with van der Waals surface area (Å²) in [6.07, 6.45) is 14.3. The van der Waals surface area contributed by atoms with Crippen LogP contribution in [0.25, 0.3) is 0 Å². The Labute approximate surface area is 181 Å². The van der Waals surface area contributed by atoms with Gasteiger partial charge >= 0.3 is 0 Å². The molecule has 0 N–H and O–H groups in total. The fraction of sp³-hybridized carbons (Fsp3) is 0.815. The number of epoxide rings is 1. The Bertz CT molecular complexity index is 791. The molecular weight excluding hydrogens is 375 g/mol. The molecule has 5 fully saturated rings. The number of hydrogen-bond acceptors (Lipinski definition) is 2. The van der Waals surface area contributed by atoms with E-state index in [0.29, 0.717) is 29.0 Å². The van der Waals surface area contributed by atoms with Crippen molar-refractivity contribution < 1.29 is 13.9 Å². The van der Waals surface area contributed by atoms with Crippen molar-refractivity contribution in [1.29, 1.82) is 0 Å². The third-order valence-electron chi connectivity index (χ3n) is 10.2. The number of fused-ring (bicyclic) bond motifs is 7. The lowest BCUT2D eigenvalue weighted by Gasteiger charge is -2.59. The Morgan fingerprint density at radius 1 is 1.13 bits per heavy atom. The summed E-state index contributed by atoms with van der Waals surface area (Å²) in [5.41, 5.74) is 0.738. The van der Waals surface area contributed by atoms with Gasteiger partial charge in [-0.05, 0) is 100 Å². The molecule has 3 heteroatoms. The number of allylic oxidation sites excluding steroid dienone is 4. The highest BCUT2D eigenvalue weighted by Gasteiger charge is 2.69. The number of carbonyl (C=O) groups excluding carboxylic acids is 1. The molecule has 1 heterocycles. The minimum absolute atomic E-state index is 0.0774. The summed E-state index contributed by atoms with van der Waals surface area (Å²) < 4.78 is 19.8. The quantitative estimate of drug-likeness (QED) is 0.392. The molecule has 0 bridgehead atoms. The number of ether oxygens (including phenoxy) is 1. The number of hydrogen-bond donors (Lipinski definition) is 0. The van der Waals surface area contributed by atoms with Gasteiger partial charge in [-0.3, -0.25) is 4.79 Å². The number of rotatable bonds is 3. The molecule has 0 radical (unpaired) electrons. The number of carbonyl (C=O) groups is 1. The first kappa shape index (κ1) is 20.9. The maximum atomic E-state index is 13.8. The van der Waals surface area contributed by atoms with Crippen molar-refractivity contribution in [2.75, 3.05) is 0 Å². The lowest BCUT2D eigenvalue weighted by Crippen LogP contribution is -2.56. The lowest BCUT2D eigenvalue weighted by molar-refractivity contribution is -0.133. The second-order valence-corrected chi connectivity index (χ2v) is 12.2. The number of alkyl halides is 1. The highest BCUT2D eigenvalue weighted by atomic mass is 19.1. The summed E-state index contributed by atoms with van der Waals surface area (Å²) in [5, 5.41) is 0. The maximum Gasteiger partial charge on any atom is 0.164 e. The zero-order valence-electron chi connectivity index (χ0n) is 19.4. The monoisotopic (exact) mass is 414 g/mol. The fourth-order valence-corrected chi connectivity index (χ4v) is 8.72. The smallest absolute Gasteiger partial charge is 0.164 e. The van der Waals surface area contributed by atoms with E-state index < -0.39 is 5.67 Å². The second kappa shape index (κ2) is 6.77. The van der Waals surface area contributed by atoms with Crippen molar-refractivity contribution in [2.24, 2.45) is 40.4 Å². The van der Waals surface area contributed by atoms with Crippen LogP contribution in [0, 0.1) is 40.4 Å². The minimum atomic E-state index is -1.25. The minimum Gasteiger partial charge on any atom is -0.361 e. The van der Waals surface area contributed by atoms with Gasteiger partial charge in [0.25, 0.3) is 0 Å². The molecule has 0 aromatic rings. The first-order valence-corrected chi connectivity index (χ1v) is 12.3. The molecule has 9 atom stereocenters. The molecular formula is C27H39FO2. The molecule has 0 spiro atoms. The average molecular weight is 415 g/mol. The summed E-state index contributed by atoms with van der Waals surface area (Å²) in [4.78, 5) is 12.3. The molecule has 5 rings (SSSR count). The van der Waals surface area contributed by atoms with E-state index in [1.54, 1.807) is 19.9 Å². The van der Waals surface area contributed by atoms with Gasteiger partial charge in [-0.25, -0.2) is 4.39 Å². The van der Waals surface area contributed by atoms with Crippen molar-refractivity contribution >= 4 is 5.78 Å². The molecule has 4 saturated carbocycles. The highest BCUT2D eigenvalue weighted by Crippen LogP contribution is 2.70. The molecule has 5 aliphatic rings. The van der Waals surface area contributed by atoms with Crippen molar-refractivity contribution in [3.63, 3.8) is 0 Å². The average Bonchev–Trinajstić information content (AvgIpc) is 3.39. The molecule has 0 aromatic carbocycles. The molecule has 1 aliphatic heterocycles. The van der Waals surface area contributed by atoms with E-state index in [2.05, 4.69) is 26.8 Å². The summed E-state index contributed by atoms with van der Waals surface area (Å²) in [5.74, 6) is 3.78. The Morgan fingerprint density at radius 2 is 1.90 bits per heavy atom. The third kappa shape index (κ3) is 3.01. The van der Waals surface area contributed by atoms with Crippen LogP contribution in [0.1, 0.15) is 79.6 Å². The predicted molar refractivity (Wildman–Crippen MR) is 118 cm³/mol. The number of ketones is 1. The molecule has 3 unspecified atom stereocenters. The van der Waals surface area contributed by atoms with Crippen LogP contribution >= 0.6 is 0 Å². The number of Topliss-reactive ketones (excluding diaryl/α,β-unsaturated/α-hetero) is 1. The maximum absolute atomic E-state index is 13.8. The van der Waals surface area contributed by atoms with Crippen molar-refractivity contribution in [3.8, 4) is 0 Å². The summed E-state index contributed by atoms with van der Waals surface area (Å²) in [6, 6.07) is 0. The van der Waals surface area contributed by atoms with E-state index in [-0.39, 0.29) is 17.6 Å². The molecule has 166 valence electrons.